The predicted molar refractivity (Wildman–Crippen MR) is 96.6 cm³/mol. The van der Waals surface area contributed by atoms with Crippen LogP contribution in [0.2, 0.25) is 0 Å². The zero-order valence-corrected chi connectivity index (χ0v) is 14.2. The summed E-state index contributed by atoms with van der Waals surface area (Å²) in [5.41, 5.74) is 2.93. The average molecular weight is 338 g/mol. The molecular formula is C18H18N4OS. The second-order valence-corrected chi connectivity index (χ2v) is 6.25. The third-order valence-electron chi connectivity index (χ3n) is 3.50. The minimum Gasteiger partial charge on any atom is -0.351 e. The van der Waals surface area contributed by atoms with Gasteiger partial charge in [0.2, 0.25) is 5.91 Å². The largest absolute Gasteiger partial charge is 0.351 e. The van der Waals surface area contributed by atoms with Crippen molar-refractivity contribution < 1.29 is 4.79 Å². The van der Waals surface area contributed by atoms with Crippen molar-refractivity contribution in [2.75, 3.05) is 6.54 Å². The van der Waals surface area contributed by atoms with Gasteiger partial charge >= 0.3 is 0 Å². The highest BCUT2D eigenvalue weighted by molar-refractivity contribution is 7.10. The summed E-state index contributed by atoms with van der Waals surface area (Å²) in [6.45, 7) is 3.17. The summed E-state index contributed by atoms with van der Waals surface area (Å²) in [6, 6.07) is 9.83. The van der Waals surface area contributed by atoms with Gasteiger partial charge in [0.25, 0.3) is 0 Å². The van der Waals surface area contributed by atoms with Gasteiger partial charge in [-0.2, -0.15) is 5.10 Å². The van der Waals surface area contributed by atoms with E-state index in [1.807, 2.05) is 53.4 Å². The number of carbonyl (C=O) groups excluding carboxylic acids is 1. The Morgan fingerprint density at radius 3 is 3.04 bits per heavy atom. The Hall–Kier alpha value is -2.73. The first kappa shape index (κ1) is 16.1. The molecule has 0 bridgehead atoms. The lowest BCUT2D eigenvalue weighted by atomic mass is 10.2. The summed E-state index contributed by atoms with van der Waals surface area (Å²) in [4.78, 5) is 17.0. The predicted octanol–water partition coefficient (Wildman–Crippen LogP) is 3.14. The number of nitrogens with zero attached hydrogens (tertiary/aromatic N) is 3. The molecule has 0 unspecified atom stereocenters. The zero-order chi connectivity index (χ0) is 16.8. The first-order valence-electron chi connectivity index (χ1n) is 7.66. The Labute approximate surface area is 144 Å². The summed E-state index contributed by atoms with van der Waals surface area (Å²) in [7, 11) is 0. The quantitative estimate of drug-likeness (QED) is 0.703. The van der Waals surface area contributed by atoms with Gasteiger partial charge in [0, 0.05) is 41.1 Å². The number of aromatic nitrogens is 3. The first-order valence-corrected chi connectivity index (χ1v) is 8.54. The van der Waals surface area contributed by atoms with E-state index in [-0.39, 0.29) is 5.91 Å². The molecule has 1 N–H and O–H groups in total. The van der Waals surface area contributed by atoms with Gasteiger partial charge in [0.15, 0.2) is 0 Å². The third kappa shape index (κ3) is 4.17. The maximum atomic E-state index is 11.8. The van der Waals surface area contributed by atoms with E-state index in [1.165, 1.54) is 0 Å². The van der Waals surface area contributed by atoms with Crippen molar-refractivity contribution in [1.29, 1.82) is 0 Å². The van der Waals surface area contributed by atoms with Crippen molar-refractivity contribution >= 4 is 23.3 Å². The van der Waals surface area contributed by atoms with Crippen LogP contribution in [0.15, 0.2) is 54.2 Å². The standard InChI is InChI=1S/C18H18N4OS/c1-14-12-17(15-4-2-8-19-13-15)21-22(14)10-9-20-18(23)7-6-16-5-3-11-24-16/h2-8,11-13H,9-10H2,1H3,(H,20,23). The number of carbonyl (C=O) groups is 1. The molecule has 0 aromatic carbocycles. The summed E-state index contributed by atoms with van der Waals surface area (Å²) < 4.78 is 1.89. The Morgan fingerprint density at radius 1 is 1.38 bits per heavy atom. The lowest BCUT2D eigenvalue weighted by Gasteiger charge is -2.05. The highest BCUT2D eigenvalue weighted by Gasteiger charge is 2.06. The normalized spacial score (nSPS) is 11.0. The molecule has 0 aliphatic carbocycles. The monoisotopic (exact) mass is 338 g/mol. The van der Waals surface area contributed by atoms with Crippen molar-refractivity contribution in [3.05, 3.63) is 64.8 Å². The lowest BCUT2D eigenvalue weighted by Crippen LogP contribution is -2.26. The number of hydrogen-bond acceptors (Lipinski definition) is 4. The number of nitrogens with one attached hydrogen (secondary N) is 1. The van der Waals surface area contributed by atoms with Gasteiger partial charge in [-0.25, -0.2) is 0 Å². The maximum Gasteiger partial charge on any atom is 0.244 e. The van der Waals surface area contributed by atoms with Gasteiger partial charge in [-0.3, -0.25) is 14.5 Å². The number of amides is 1. The fraction of sp³-hybridized carbons (Fsp3) is 0.167. The molecule has 0 radical (unpaired) electrons. The molecular weight excluding hydrogens is 320 g/mol. The fourth-order valence-electron chi connectivity index (χ4n) is 2.28. The number of pyridine rings is 1. The molecule has 0 fully saturated rings. The van der Waals surface area contributed by atoms with Crippen LogP contribution in [-0.2, 0) is 11.3 Å². The second kappa shape index (κ2) is 7.70. The average Bonchev–Trinajstić information content (AvgIpc) is 3.24. The molecule has 0 aliphatic heterocycles. The second-order valence-electron chi connectivity index (χ2n) is 5.28. The number of thiophene rings is 1. The summed E-state index contributed by atoms with van der Waals surface area (Å²) in [5.74, 6) is -0.0966. The van der Waals surface area contributed by atoms with E-state index in [0.717, 1.165) is 21.8 Å². The van der Waals surface area contributed by atoms with E-state index in [9.17, 15) is 4.79 Å². The van der Waals surface area contributed by atoms with Gasteiger partial charge < -0.3 is 5.32 Å². The van der Waals surface area contributed by atoms with Gasteiger partial charge in [0.1, 0.15) is 0 Å². The maximum absolute atomic E-state index is 11.8. The van der Waals surface area contributed by atoms with Gasteiger partial charge in [0.05, 0.1) is 12.2 Å². The number of aryl methyl sites for hydroxylation is 1. The Kier molecular flexibility index (Phi) is 5.18. The molecule has 0 spiro atoms. The number of hydrogen-bond donors (Lipinski definition) is 1. The first-order chi connectivity index (χ1) is 11.7. The van der Waals surface area contributed by atoms with Gasteiger partial charge in [-0.05, 0) is 42.6 Å². The van der Waals surface area contributed by atoms with Crippen LogP contribution in [0.5, 0.6) is 0 Å². The minimum atomic E-state index is -0.0966. The minimum absolute atomic E-state index is 0.0966. The molecule has 3 aromatic rings. The zero-order valence-electron chi connectivity index (χ0n) is 13.3. The Balaban J connectivity index is 1.53. The van der Waals surface area contributed by atoms with Crippen LogP contribution in [0.25, 0.3) is 17.3 Å². The van der Waals surface area contributed by atoms with E-state index >= 15 is 0 Å². The topological polar surface area (TPSA) is 59.8 Å². The SMILES string of the molecule is Cc1cc(-c2cccnc2)nn1CCNC(=O)C=Cc1cccs1. The van der Waals surface area contributed by atoms with Crippen molar-refractivity contribution in [2.45, 2.75) is 13.5 Å². The van der Waals surface area contributed by atoms with Crippen molar-refractivity contribution in [3.63, 3.8) is 0 Å². The van der Waals surface area contributed by atoms with Crippen molar-refractivity contribution in [1.82, 2.24) is 20.1 Å². The van der Waals surface area contributed by atoms with Crippen LogP contribution in [0.3, 0.4) is 0 Å². The van der Waals surface area contributed by atoms with E-state index < -0.39 is 0 Å². The highest BCUT2D eigenvalue weighted by Crippen LogP contribution is 2.17. The van der Waals surface area contributed by atoms with Crippen LogP contribution in [0, 0.1) is 6.92 Å². The van der Waals surface area contributed by atoms with E-state index in [4.69, 9.17) is 0 Å². The summed E-state index contributed by atoms with van der Waals surface area (Å²) in [5, 5.41) is 9.43. The smallest absolute Gasteiger partial charge is 0.244 e. The van der Waals surface area contributed by atoms with Crippen molar-refractivity contribution in [3.8, 4) is 11.3 Å². The van der Waals surface area contributed by atoms with E-state index in [2.05, 4.69) is 15.4 Å². The van der Waals surface area contributed by atoms with Crippen LogP contribution >= 0.6 is 11.3 Å². The van der Waals surface area contributed by atoms with Crippen LogP contribution < -0.4 is 5.32 Å². The molecule has 0 saturated carbocycles. The van der Waals surface area contributed by atoms with Crippen LogP contribution in [0.4, 0.5) is 0 Å². The van der Waals surface area contributed by atoms with Gasteiger partial charge in [-0.15, -0.1) is 11.3 Å². The van der Waals surface area contributed by atoms with Gasteiger partial charge in [-0.1, -0.05) is 6.07 Å². The van der Waals surface area contributed by atoms with Crippen LogP contribution in [-0.4, -0.2) is 27.2 Å². The highest BCUT2D eigenvalue weighted by atomic mass is 32.1. The fourth-order valence-corrected chi connectivity index (χ4v) is 2.90. The molecule has 1 amide bonds. The molecule has 0 atom stereocenters. The number of rotatable bonds is 6. The van der Waals surface area contributed by atoms with E-state index in [1.54, 1.807) is 29.8 Å². The summed E-state index contributed by atoms with van der Waals surface area (Å²) in [6.07, 6.45) is 6.92. The molecule has 24 heavy (non-hydrogen) atoms. The van der Waals surface area contributed by atoms with E-state index in [0.29, 0.717) is 13.1 Å². The molecule has 5 nitrogen and oxygen atoms in total. The summed E-state index contributed by atoms with van der Waals surface area (Å²) >= 11 is 1.60. The molecule has 122 valence electrons. The Morgan fingerprint density at radius 2 is 2.29 bits per heavy atom. The molecule has 0 aliphatic rings. The molecule has 3 heterocycles. The molecule has 6 heteroatoms. The molecule has 3 aromatic heterocycles. The third-order valence-corrected chi connectivity index (χ3v) is 4.34. The molecule has 3 rings (SSSR count). The molecule has 0 saturated heterocycles. The lowest BCUT2D eigenvalue weighted by molar-refractivity contribution is -0.116. The van der Waals surface area contributed by atoms with Crippen LogP contribution in [0.1, 0.15) is 10.6 Å². The van der Waals surface area contributed by atoms with Crippen molar-refractivity contribution in [2.24, 2.45) is 0 Å². The Bertz CT molecular complexity index is 822.